The van der Waals surface area contributed by atoms with Crippen LogP contribution < -0.4 is 14.8 Å². The smallest absolute Gasteiger partial charge is 0.387 e. The van der Waals surface area contributed by atoms with Crippen molar-refractivity contribution in [2.24, 2.45) is 0 Å². The third-order valence-electron chi connectivity index (χ3n) is 3.03. The summed E-state index contributed by atoms with van der Waals surface area (Å²) in [5, 5.41) is 7.35. The van der Waals surface area contributed by atoms with Crippen molar-refractivity contribution < 1.29 is 18.3 Å². The van der Waals surface area contributed by atoms with Gasteiger partial charge in [-0.25, -0.2) is 4.98 Å². The first kappa shape index (κ1) is 16.2. The Morgan fingerprint density at radius 3 is 2.77 bits per heavy atom. The van der Waals surface area contributed by atoms with E-state index in [-0.39, 0.29) is 17.5 Å². The molecule has 0 spiro atoms. The van der Waals surface area contributed by atoms with Gasteiger partial charge in [0.1, 0.15) is 12.7 Å². The van der Waals surface area contributed by atoms with Crippen LogP contribution in [-0.2, 0) is 13.1 Å². The Kier molecular flexibility index (Phi) is 5.65. The molecule has 1 aromatic carbocycles. The molecule has 1 N–H and O–H groups in total. The fourth-order valence-corrected chi connectivity index (χ4v) is 1.98. The molecule has 6 nitrogen and oxygen atoms in total. The number of hydrogen-bond donors (Lipinski definition) is 1. The van der Waals surface area contributed by atoms with Gasteiger partial charge in [-0.3, -0.25) is 4.68 Å². The van der Waals surface area contributed by atoms with Gasteiger partial charge in [-0.15, -0.1) is 0 Å². The summed E-state index contributed by atoms with van der Waals surface area (Å²) in [5.41, 5.74) is 0.906. The monoisotopic (exact) mass is 312 g/mol. The molecule has 0 saturated heterocycles. The molecule has 0 aliphatic rings. The van der Waals surface area contributed by atoms with E-state index in [1.54, 1.807) is 23.1 Å². The van der Waals surface area contributed by atoms with Gasteiger partial charge >= 0.3 is 6.61 Å². The summed E-state index contributed by atoms with van der Waals surface area (Å²) in [6.07, 6.45) is 3.14. The highest BCUT2D eigenvalue weighted by Crippen LogP contribution is 2.29. The van der Waals surface area contributed by atoms with E-state index in [9.17, 15) is 8.78 Å². The van der Waals surface area contributed by atoms with Gasteiger partial charge in [-0.05, 0) is 24.6 Å². The molecule has 2 rings (SSSR count). The summed E-state index contributed by atoms with van der Waals surface area (Å²) in [6, 6.07) is 5.04. The molecule has 0 aliphatic heterocycles. The maximum absolute atomic E-state index is 12.3. The van der Waals surface area contributed by atoms with Crippen molar-refractivity contribution in [1.82, 2.24) is 20.1 Å². The second-order valence-corrected chi connectivity index (χ2v) is 4.76. The highest BCUT2D eigenvalue weighted by molar-refractivity contribution is 5.42. The second-order valence-electron chi connectivity index (χ2n) is 4.76. The summed E-state index contributed by atoms with van der Waals surface area (Å²) in [7, 11) is 1.41. The molecule has 2 aromatic rings. The third kappa shape index (κ3) is 4.66. The predicted octanol–water partition coefficient (Wildman–Crippen LogP) is 2.07. The number of ether oxygens (including phenoxy) is 2. The van der Waals surface area contributed by atoms with Crippen LogP contribution in [0.5, 0.6) is 11.5 Å². The minimum atomic E-state index is -2.87. The topological polar surface area (TPSA) is 61.2 Å². The predicted molar refractivity (Wildman–Crippen MR) is 75.9 cm³/mol. The van der Waals surface area contributed by atoms with Gasteiger partial charge in [-0.2, -0.15) is 13.9 Å². The van der Waals surface area contributed by atoms with Crippen molar-refractivity contribution in [3.63, 3.8) is 0 Å². The van der Waals surface area contributed by atoms with E-state index in [0.29, 0.717) is 13.1 Å². The van der Waals surface area contributed by atoms with E-state index in [4.69, 9.17) is 4.74 Å². The zero-order valence-corrected chi connectivity index (χ0v) is 12.4. The van der Waals surface area contributed by atoms with E-state index in [2.05, 4.69) is 20.1 Å². The van der Waals surface area contributed by atoms with Crippen molar-refractivity contribution in [2.45, 2.75) is 32.7 Å². The van der Waals surface area contributed by atoms with Gasteiger partial charge in [-0.1, -0.05) is 6.07 Å². The van der Waals surface area contributed by atoms with Crippen LogP contribution in [-0.4, -0.2) is 34.5 Å². The summed E-state index contributed by atoms with van der Waals surface area (Å²) in [5.74, 6) is 0.306. The Labute approximate surface area is 127 Å². The number of halogens is 2. The zero-order chi connectivity index (χ0) is 15.9. The molecular formula is C14H18F2N4O2. The van der Waals surface area contributed by atoms with Crippen LogP contribution in [0.4, 0.5) is 8.78 Å². The quantitative estimate of drug-likeness (QED) is 0.808. The molecule has 1 unspecified atom stereocenters. The number of methoxy groups -OCH3 is 1. The fourth-order valence-electron chi connectivity index (χ4n) is 1.98. The van der Waals surface area contributed by atoms with E-state index < -0.39 is 6.61 Å². The molecule has 0 amide bonds. The average Bonchev–Trinajstić information content (AvgIpc) is 2.98. The summed E-state index contributed by atoms with van der Waals surface area (Å²) in [6.45, 7) is 0.401. The Hall–Kier alpha value is -2.22. The standard InChI is InChI=1S/C14H18F2N4O2/c1-10(7-20-9-17-8-19-20)18-6-11-3-4-12(22-14(15)16)13(5-11)21-2/h3-5,8-10,14,18H,6-7H2,1-2H3. The molecule has 120 valence electrons. The molecule has 1 aromatic heterocycles. The van der Waals surface area contributed by atoms with Gasteiger partial charge in [0.2, 0.25) is 0 Å². The lowest BCUT2D eigenvalue weighted by Gasteiger charge is -2.15. The van der Waals surface area contributed by atoms with Crippen molar-refractivity contribution in [2.75, 3.05) is 7.11 Å². The van der Waals surface area contributed by atoms with E-state index >= 15 is 0 Å². The Morgan fingerprint density at radius 1 is 1.32 bits per heavy atom. The SMILES string of the molecule is COc1cc(CNC(C)Cn2cncn2)ccc1OC(F)F. The maximum Gasteiger partial charge on any atom is 0.387 e. The molecule has 1 atom stereocenters. The van der Waals surface area contributed by atoms with Crippen LogP contribution in [0, 0.1) is 0 Å². The maximum atomic E-state index is 12.3. The fraction of sp³-hybridized carbons (Fsp3) is 0.429. The number of benzene rings is 1. The number of nitrogens with one attached hydrogen (secondary N) is 1. The first-order chi connectivity index (χ1) is 10.6. The second kappa shape index (κ2) is 7.69. The number of aromatic nitrogens is 3. The lowest BCUT2D eigenvalue weighted by molar-refractivity contribution is -0.0512. The number of rotatable bonds is 8. The molecule has 0 aliphatic carbocycles. The summed E-state index contributed by atoms with van der Waals surface area (Å²) < 4.78 is 35.7. The average molecular weight is 312 g/mol. The van der Waals surface area contributed by atoms with Crippen molar-refractivity contribution in [3.05, 3.63) is 36.4 Å². The van der Waals surface area contributed by atoms with Crippen LogP contribution in [0.1, 0.15) is 12.5 Å². The van der Waals surface area contributed by atoms with Gasteiger partial charge in [0.15, 0.2) is 11.5 Å². The summed E-state index contributed by atoms with van der Waals surface area (Å²) in [4.78, 5) is 3.88. The minimum Gasteiger partial charge on any atom is -0.493 e. The lowest BCUT2D eigenvalue weighted by atomic mass is 10.2. The van der Waals surface area contributed by atoms with Gasteiger partial charge < -0.3 is 14.8 Å². The molecular weight excluding hydrogens is 294 g/mol. The molecule has 0 bridgehead atoms. The van der Waals surface area contributed by atoms with E-state index in [0.717, 1.165) is 5.56 Å². The lowest BCUT2D eigenvalue weighted by Crippen LogP contribution is -2.30. The molecule has 8 heteroatoms. The summed E-state index contributed by atoms with van der Waals surface area (Å²) >= 11 is 0. The van der Waals surface area contributed by atoms with Gasteiger partial charge in [0.05, 0.1) is 13.7 Å². The highest BCUT2D eigenvalue weighted by Gasteiger charge is 2.11. The Morgan fingerprint density at radius 2 is 2.14 bits per heavy atom. The van der Waals surface area contributed by atoms with Crippen molar-refractivity contribution in [3.8, 4) is 11.5 Å². The van der Waals surface area contributed by atoms with Crippen LogP contribution in [0.2, 0.25) is 0 Å². The van der Waals surface area contributed by atoms with Gasteiger partial charge in [0.25, 0.3) is 0 Å². The van der Waals surface area contributed by atoms with Crippen LogP contribution >= 0.6 is 0 Å². The number of hydrogen-bond acceptors (Lipinski definition) is 5. The molecule has 1 heterocycles. The zero-order valence-electron chi connectivity index (χ0n) is 12.4. The molecule has 0 saturated carbocycles. The number of nitrogens with zero attached hydrogens (tertiary/aromatic N) is 3. The van der Waals surface area contributed by atoms with Crippen molar-refractivity contribution >= 4 is 0 Å². The van der Waals surface area contributed by atoms with Crippen molar-refractivity contribution in [1.29, 1.82) is 0 Å². The highest BCUT2D eigenvalue weighted by atomic mass is 19.3. The largest absolute Gasteiger partial charge is 0.493 e. The van der Waals surface area contributed by atoms with E-state index in [1.807, 2.05) is 6.92 Å². The van der Waals surface area contributed by atoms with E-state index in [1.165, 1.54) is 19.5 Å². The molecule has 0 radical (unpaired) electrons. The Bertz CT molecular complexity index is 578. The van der Waals surface area contributed by atoms with Crippen LogP contribution in [0.15, 0.2) is 30.9 Å². The Balaban J connectivity index is 1.92. The molecule has 22 heavy (non-hydrogen) atoms. The normalized spacial score (nSPS) is 12.4. The number of alkyl halides is 2. The molecule has 0 fully saturated rings. The van der Waals surface area contributed by atoms with Crippen LogP contribution in [0.3, 0.4) is 0 Å². The minimum absolute atomic E-state index is 0.0249. The third-order valence-corrected chi connectivity index (χ3v) is 3.03. The van der Waals surface area contributed by atoms with Crippen LogP contribution in [0.25, 0.3) is 0 Å². The first-order valence-electron chi connectivity index (χ1n) is 6.76. The van der Waals surface area contributed by atoms with Gasteiger partial charge in [0, 0.05) is 12.6 Å². The first-order valence-corrected chi connectivity index (χ1v) is 6.76.